The minimum Gasteiger partial charge on any atom is -0.375 e. The van der Waals surface area contributed by atoms with E-state index in [2.05, 4.69) is 25.4 Å². The van der Waals surface area contributed by atoms with Gasteiger partial charge >= 0.3 is 0 Å². The maximum absolute atomic E-state index is 12.2. The third-order valence-corrected chi connectivity index (χ3v) is 4.43. The summed E-state index contributed by atoms with van der Waals surface area (Å²) in [5.41, 5.74) is 0. The molecule has 22 heavy (non-hydrogen) atoms. The second-order valence-electron chi connectivity index (χ2n) is 6.04. The first-order valence-corrected chi connectivity index (χ1v) is 8.29. The first-order valence-electron chi connectivity index (χ1n) is 8.29. The number of hydrogen-bond donors (Lipinski definition) is 2. The zero-order valence-electron chi connectivity index (χ0n) is 13.2. The second-order valence-corrected chi connectivity index (χ2v) is 6.04. The van der Waals surface area contributed by atoms with Gasteiger partial charge in [-0.15, -0.1) is 10.2 Å². The highest BCUT2D eigenvalue weighted by molar-refractivity contribution is 5.82. The monoisotopic (exact) mass is 307 g/mol. The van der Waals surface area contributed by atoms with Gasteiger partial charge in [-0.05, 0) is 19.8 Å². The minimum absolute atomic E-state index is 0.00260. The van der Waals surface area contributed by atoms with Crippen LogP contribution < -0.4 is 10.6 Å². The molecular formula is C15H25N5O2. The van der Waals surface area contributed by atoms with Crippen LogP contribution in [0.3, 0.4) is 0 Å². The molecule has 2 atom stereocenters. The Morgan fingerprint density at radius 2 is 2.32 bits per heavy atom. The molecule has 1 aromatic heterocycles. The van der Waals surface area contributed by atoms with Gasteiger partial charge in [0, 0.05) is 32.5 Å². The molecule has 0 saturated carbocycles. The summed E-state index contributed by atoms with van der Waals surface area (Å²) in [6, 6.07) is -0.260. The third-order valence-electron chi connectivity index (χ3n) is 4.43. The number of aromatic nitrogens is 3. The summed E-state index contributed by atoms with van der Waals surface area (Å²) >= 11 is 0. The van der Waals surface area contributed by atoms with E-state index in [1.54, 1.807) is 0 Å². The van der Waals surface area contributed by atoms with Crippen molar-refractivity contribution < 1.29 is 9.53 Å². The van der Waals surface area contributed by atoms with Gasteiger partial charge in [0.1, 0.15) is 17.7 Å². The lowest BCUT2D eigenvalue weighted by Gasteiger charge is -2.29. The van der Waals surface area contributed by atoms with Crippen LogP contribution in [0.4, 0.5) is 0 Å². The van der Waals surface area contributed by atoms with Crippen LogP contribution in [-0.2, 0) is 28.9 Å². The van der Waals surface area contributed by atoms with Gasteiger partial charge in [0.05, 0.1) is 12.7 Å². The summed E-state index contributed by atoms with van der Waals surface area (Å²) in [4.78, 5) is 12.2. The molecule has 0 spiro atoms. The van der Waals surface area contributed by atoms with Crippen LogP contribution in [0.1, 0.15) is 37.8 Å². The van der Waals surface area contributed by atoms with Crippen LogP contribution in [0.25, 0.3) is 0 Å². The Labute approximate surface area is 130 Å². The van der Waals surface area contributed by atoms with Crippen molar-refractivity contribution >= 4 is 5.91 Å². The van der Waals surface area contributed by atoms with E-state index in [0.29, 0.717) is 13.2 Å². The van der Waals surface area contributed by atoms with Gasteiger partial charge in [-0.2, -0.15) is 0 Å². The first-order chi connectivity index (χ1) is 10.8. The van der Waals surface area contributed by atoms with Gasteiger partial charge in [0.15, 0.2) is 0 Å². The van der Waals surface area contributed by atoms with Crippen LogP contribution in [0.2, 0.25) is 0 Å². The topological polar surface area (TPSA) is 81.1 Å². The normalized spacial score (nSPS) is 25.3. The van der Waals surface area contributed by atoms with Gasteiger partial charge in [0.25, 0.3) is 0 Å². The summed E-state index contributed by atoms with van der Waals surface area (Å²) in [5, 5.41) is 14.8. The summed E-state index contributed by atoms with van der Waals surface area (Å²) in [5.74, 6) is 2.08. The average molecular weight is 307 g/mol. The number of aryl methyl sites for hydroxylation is 1. The Hall–Kier alpha value is -1.47. The molecule has 1 fully saturated rings. The predicted molar refractivity (Wildman–Crippen MR) is 81.5 cm³/mol. The second kappa shape index (κ2) is 7.19. The Morgan fingerprint density at radius 3 is 3.18 bits per heavy atom. The number of hydrogen-bond acceptors (Lipinski definition) is 5. The van der Waals surface area contributed by atoms with Crippen molar-refractivity contribution in [2.24, 2.45) is 0 Å². The van der Waals surface area contributed by atoms with Gasteiger partial charge in [-0.3, -0.25) is 4.79 Å². The third kappa shape index (κ3) is 3.47. The smallest absolute Gasteiger partial charge is 0.239 e. The van der Waals surface area contributed by atoms with E-state index in [1.165, 1.54) is 19.3 Å². The largest absolute Gasteiger partial charge is 0.375 e. The Kier molecular flexibility index (Phi) is 5.04. The standard InChI is InChI=1S/C15H25N5O2/c1-11-14(16-8-10-22-11)15(21)17-7-6-13-19-18-12-5-3-2-4-9-20(12)13/h11,14,16H,2-10H2,1H3,(H,17,21)/t11-,14+/m1/s1. The molecule has 3 rings (SSSR count). The number of morpholine rings is 1. The summed E-state index contributed by atoms with van der Waals surface area (Å²) < 4.78 is 7.73. The highest BCUT2D eigenvalue weighted by Gasteiger charge is 2.28. The predicted octanol–water partition coefficient (Wildman–Crippen LogP) is 0.0401. The van der Waals surface area contributed by atoms with Crippen LogP contribution in [-0.4, -0.2) is 52.5 Å². The number of carbonyl (C=O) groups is 1. The molecule has 122 valence electrons. The quantitative estimate of drug-likeness (QED) is 0.821. The lowest BCUT2D eigenvalue weighted by molar-refractivity contribution is -0.128. The van der Waals surface area contributed by atoms with Crippen LogP contribution >= 0.6 is 0 Å². The van der Waals surface area contributed by atoms with Gasteiger partial charge in [-0.1, -0.05) is 6.42 Å². The number of carbonyl (C=O) groups excluding carboxylic acids is 1. The molecule has 1 saturated heterocycles. The van der Waals surface area contributed by atoms with Crippen molar-refractivity contribution in [1.82, 2.24) is 25.4 Å². The van der Waals surface area contributed by atoms with Crippen LogP contribution in [0.15, 0.2) is 0 Å². The lowest BCUT2D eigenvalue weighted by Crippen LogP contribution is -2.55. The van der Waals surface area contributed by atoms with Gasteiger partial charge in [0.2, 0.25) is 5.91 Å². The van der Waals surface area contributed by atoms with E-state index >= 15 is 0 Å². The number of rotatable bonds is 4. The number of amides is 1. The molecule has 0 aliphatic carbocycles. The van der Waals surface area contributed by atoms with Crippen molar-refractivity contribution in [2.75, 3.05) is 19.7 Å². The molecule has 2 aliphatic rings. The molecule has 1 aromatic rings. The zero-order chi connectivity index (χ0) is 15.4. The van der Waals surface area contributed by atoms with E-state index in [9.17, 15) is 4.79 Å². The Morgan fingerprint density at radius 1 is 1.41 bits per heavy atom. The van der Waals surface area contributed by atoms with E-state index in [-0.39, 0.29) is 18.1 Å². The fraction of sp³-hybridized carbons (Fsp3) is 0.800. The highest BCUT2D eigenvalue weighted by Crippen LogP contribution is 2.14. The molecule has 0 aromatic carbocycles. The van der Waals surface area contributed by atoms with Crippen molar-refractivity contribution in [3.05, 3.63) is 11.6 Å². The molecule has 2 aliphatic heterocycles. The minimum atomic E-state index is -0.260. The molecule has 7 nitrogen and oxygen atoms in total. The number of fused-ring (bicyclic) bond motifs is 1. The molecule has 1 amide bonds. The lowest BCUT2D eigenvalue weighted by atomic mass is 10.1. The average Bonchev–Trinajstić information content (AvgIpc) is 2.75. The van der Waals surface area contributed by atoms with Gasteiger partial charge in [-0.25, -0.2) is 0 Å². The fourth-order valence-corrected chi connectivity index (χ4v) is 3.16. The first kappa shape index (κ1) is 15.4. The molecule has 3 heterocycles. The summed E-state index contributed by atoms with van der Waals surface area (Å²) in [6.07, 6.45) is 5.29. The van der Waals surface area contributed by atoms with Crippen molar-refractivity contribution in [3.8, 4) is 0 Å². The van der Waals surface area contributed by atoms with Crippen molar-refractivity contribution in [3.63, 3.8) is 0 Å². The van der Waals surface area contributed by atoms with Crippen LogP contribution in [0.5, 0.6) is 0 Å². The Bertz CT molecular complexity index is 516. The number of nitrogens with zero attached hydrogens (tertiary/aromatic N) is 3. The summed E-state index contributed by atoms with van der Waals surface area (Å²) in [7, 11) is 0. The summed E-state index contributed by atoms with van der Waals surface area (Å²) in [6.45, 7) is 4.90. The molecule has 0 bridgehead atoms. The Balaban J connectivity index is 1.51. The molecule has 7 heteroatoms. The van der Waals surface area contributed by atoms with Crippen LogP contribution in [0, 0.1) is 0 Å². The number of ether oxygens (including phenoxy) is 1. The van der Waals surface area contributed by atoms with Crippen molar-refractivity contribution in [1.29, 1.82) is 0 Å². The fourth-order valence-electron chi connectivity index (χ4n) is 3.16. The molecule has 0 unspecified atom stereocenters. The molecule has 2 N–H and O–H groups in total. The maximum Gasteiger partial charge on any atom is 0.239 e. The van der Waals surface area contributed by atoms with E-state index in [1.807, 2.05) is 6.92 Å². The van der Waals surface area contributed by atoms with E-state index in [4.69, 9.17) is 4.74 Å². The maximum atomic E-state index is 12.2. The molecular weight excluding hydrogens is 282 g/mol. The molecule has 0 radical (unpaired) electrons. The number of nitrogens with one attached hydrogen (secondary N) is 2. The van der Waals surface area contributed by atoms with Gasteiger partial charge < -0.3 is 19.9 Å². The highest BCUT2D eigenvalue weighted by atomic mass is 16.5. The zero-order valence-corrected chi connectivity index (χ0v) is 13.2. The SMILES string of the molecule is C[C@H]1OCCN[C@@H]1C(=O)NCCc1nnc2n1CCCCC2. The van der Waals surface area contributed by atoms with Crippen molar-refractivity contribution in [2.45, 2.75) is 57.7 Å². The van der Waals surface area contributed by atoms with E-state index in [0.717, 1.165) is 37.6 Å². The van der Waals surface area contributed by atoms with E-state index < -0.39 is 0 Å².